The molecule has 0 saturated heterocycles. The first-order valence-corrected chi connectivity index (χ1v) is 16.8. The van der Waals surface area contributed by atoms with Gasteiger partial charge < -0.3 is 10.2 Å². The van der Waals surface area contributed by atoms with Crippen molar-refractivity contribution in [3.63, 3.8) is 0 Å². The monoisotopic (exact) mass is 661 g/mol. The number of carbonyl (C=O) groups excluding carboxylic acids is 2. The second kappa shape index (κ2) is 13.8. The molecule has 7 nitrogen and oxygen atoms in total. The van der Waals surface area contributed by atoms with Gasteiger partial charge in [-0.15, -0.1) is 0 Å². The van der Waals surface area contributed by atoms with Gasteiger partial charge in [-0.1, -0.05) is 102 Å². The summed E-state index contributed by atoms with van der Waals surface area (Å²) >= 11 is 3.46. The predicted octanol–water partition coefficient (Wildman–Crippen LogP) is 5.92. The van der Waals surface area contributed by atoms with Crippen LogP contribution in [0.1, 0.15) is 36.8 Å². The maximum Gasteiger partial charge on any atom is 0.243 e. The van der Waals surface area contributed by atoms with Crippen LogP contribution < -0.4 is 5.32 Å². The van der Waals surface area contributed by atoms with Crippen molar-refractivity contribution in [2.75, 3.05) is 13.6 Å². The number of rotatable bonds is 11. The summed E-state index contributed by atoms with van der Waals surface area (Å²) in [5.41, 5.74) is 1.75. The Bertz CT molecular complexity index is 1670. The van der Waals surface area contributed by atoms with Crippen LogP contribution in [0.25, 0.3) is 10.8 Å². The highest BCUT2D eigenvalue weighted by atomic mass is 79.9. The fourth-order valence-electron chi connectivity index (χ4n) is 5.58. The topological polar surface area (TPSA) is 86.8 Å². The summed E-state index contributed by atoms with van der Waals surface area (Å²) in [6.07, 6.45) is 4.26. The van der Waals surface area contributed by atoms with Crippen molar-refractivity contribution in [1.82, 2.24) is 14.5 Å². The van der Waals surface area contributed by atoms with E-state index in [0.717, 1.165) is 56.4 Å². The van der Waals surface area contributed by atoms with Gasteiger partial charge in [0, 0.05) is 30.5 Å². The molecule has 0 unspecified atom stereocenters. The highest BCUT2D eigenvalue weighted by Gasteiger charge is 2.34. The molecule has 0 aromatic heterocycles. The average molecular weight is 663 g/mol. The zero-order chi connectivity index (χ0) is 30.4. The van der Waals surface area contributed by atoms with Gasteiger partial charge in [0.2, 0.25) is 21.8 Å². The summed E-state index contributed by atoms with van der Waals surface area (Å²) in [5, 5.41) is 4.91. The van der Waals surface area contributed by atoms with Gasteiger partial charge in [-0.2, -0.15) is 4.31 Å². The molecule has 1 N–H and O–H groups in total. The van der Waals surface area contributed by atoms with Gasteiger partial charge >= 0.3 is 0 Å². The first-order valence-electron chi connectivity index (χ1n) is 14.5. The Morgan fingerprint density at radius 2 is 1.51 bits per heavy atom. The number of hydrogen-bond acceptors (Lipinski definition) is 4. The van der Waals surface area contributed by atoms with E-state index in [1.54, 1.807) is 18.2 Å². The molecule has 1 aliphatic carbocycles. The summed E-state index contributed by atoms with van der Waals surface area (Å²) in [6, 6.07) is 28.9. The van der Waals surface area contributed by atoms with Crippen LogP contribution in [0, 0.1) is 0 Å². The molecule has 1 atom stereocenters. The van der Waals surface area contributed by atoms with Crippen molar-refractivity contribution in [2.24, 2.45) is 0 Å². The molecule has 4 aromatic rings. The molecular formula is C34H36BrN3O4S. The fraction of sp³-hybridized carbons (Fsp3) is 0.294. The minimum Gasteiger partial charge on any atom is -0.352 e. The van der Waals surface area contributed by atoms with Gasteiger partial charge in [0.25, 0.3) is 0 Å². The molecule has 4 aromatic carbocycles. The number of benzene rings is 4. The van der Waals surface area contributed by atoms with Crippen LogP contribution in [0.15, 0.2) is 106 Å². The van der Waals surface area contributed by atoms with E-state index in [-0.39, 0.29) is 23.4 Å². The lowest BCUT2D eigenvalue weighted by Crippen LogP contribution is -2.54. The van der Waals surface area contributed by atoms with E-state index in [2.05, 4.69) is 21.2 Å². The van der Waals surface area contributed by atoms with Crippen molar-refractivity contribution in [3.05, 3.63) is 113 Å². The maximum atomic E-state index is 14.1. The molecular weight excluding hydrogens is 626 g/mol. The van der Waals surface area contributed by atoms with E-state index in [0.29, 0.717) is 6.42 Å². The van der Waals surface area contributed by atoms with Crippen molar-refractivity contribution < 1.29 is 18.0 Å². The van der Waals surface area contributed by atoms with E-state index >= 15 is 0 Å². The van der Waals surface area contributed by atoms with Crippen LogP contribution in [-0.2, 0) is 32.6 Å². The molecule has 224 valence electrons. The zero-order valence-corrected chi connectivity index (χ0v) is 26.6. The molecule has 0 heterocycles. The highest BCUT2D eigenvalue weighted by Crippen LogP contribution is 2.23. The molecule has 0 bridgehead atoms. The Kier molecular flexibility index (Phi) is 9.95. The quantitative estimate of drug-likeness (QED) is 0.216. The van der Waals surface area contributed by atoms with Gasteiger partial charge in [-0.05, 0) is 59.0 Å². The molecule has 0 aliphatic heterocycles. The summed E-state index contributed by atoms with van der Waals surface area (Å²) in [6.45, 7) is -0.251. The van der Waals surface area contributed by atoms with Crippen LogP contribution in [0.2, 0.25) is 0 Å². The minimum atomic E-state index is -3.98. The molecule has 0 spiro atoms. The van der Waals surface area contributed by atoms with Crippen molar-refractivity contribution in [3.8, 4) is 0 Å². The number of fused-ring (bicyclic) bond motifs is 1. The molecule has 5 rings (SSSR count). The van der Waals surface area contributed by atoms with Gasteiger partial charge in [0.15, 0.2) is 0 Å². The Morgan fingerprint density at radius 3 is 2.21 bits per heavy atom. The number of halogens is 1. The second-order valence-corrected chi connectivity index (χ2v) is 14.1. The summed E-state index contributed by atoms with van der Waals surface area (Å²) in [4.78, 5) is 29.6. The fourth-order valence-corrected chi connectivity index (χ4v) is 7.00. The lowest BCUT2D eigenvalue weighted by molar-refractivity contribution is -0.141. The van der Waals surface area contributed by atoms with Crippen LogP contribution in [0.4, 0.5) is 0 Å². The lowest BCUT2D eigenvalue weighted by Gasteiger charge is -2.33. The Hall–Kier alpha value is -3.53. The van der Waals surface area contributed by atoms with E-state index < -0.39 is 28.5 Å². The van der Waals surface area contributed by atoms with Gasteiger partial charge in [-0.25, -0.2) is 8.42 Å². The summed E-state index contributed by atoms with van der Waals surface area (Å²) in [5.74, 6) is -0.668. The molecule has 1 saturated carbocycles. The summed E-state index contributed by atoms with van der Waals surface area (Å²) < 4.78 is 29.2. The van der Waals surface area contributed by atoms with Crippen molar-refractivity contribution >= 4 is 48.5 Å². The van der Waals surface area contributed by atoms with Gasteiger partial charge in [0.05, 0.1) is 11.4 Å². The third kappa shape index (κ3) is 7.71. The lowest BCUT2D eigenvalue weighted by atomic mass is 10.0. The van der Waals surface area contributed by atoms with Crippen LogP contribution >= 0.6 is 15.9 Å². The SMILES string of the molecule is CN(CC(=O)N(Cc1ccc(Br)cc1)[C@@H](Cc1ccccc1)C(=O)NC1CCCC1)S(=O)(=O)c1ccc2ccccc2c1. The van der Waals surface area contributed by atoms with Crippen LogP contribution in [-0.4, -0.2) is 55.1 Å². The molecule has 9 heteroatoms. The number of sulfonamides is 1. The molecule has 1 fully saturated rings. The number of nitrogens with one attached hydrogen (secondary N) is 1. The number of amides is 2. The smallest absolute Gasteiger partial charge is 0.243 e. The third-order valence-electron chi connectivity index (χ3n) is 8.03. The molecule has 2 amide bonds. The first-order chi connectivity index (χ1) is 20.7. The number of carbonyl (C=O) groups is 2. The Morgan fingerprint density at radius 1 is 0.860 bits per heavy atom. The average Bonchev–Trinajstić information content (AvgIpc) is 3.53. The zero-order valence-electron chi connectivity index (χ0n) is 24.2. The van der Waals surface area contributed by atoms with Crippen molar-refractivity contribution in [2.45, 2.75) is 55.6 Å². The van der Waals surface area contributed by atoms with Gasteiger partial charge in [0.1, 0.15) is 6.04 Å². The summed E-state index contributed by atoms with van der Waals surface area (Å²) in [7, 11) is -2.57. The Labute approximate surface area is 262 Å². The van der Waals surface area contributed by atoms with Crippen LogP contribution in [0.5, 0.6) is 0 Å². The Balaban J connectivity index is 1.45. The molecule has 1 aliphatic rings. The largest absolute Gasteiger partial charge is 0.352 e. The van der Waals surface area contributed by atoms with Gasteiger partial charge in [-0.3, -0.25) is 9.59 Å². The number of nitrogens with zero attached hydrogens (tertiary/aromatic N) is 2. The standard InChI is InChI=1S/C34H36BrN3O4S/c1-37(43(41,42)31-20-17-27-11-5-6-12-28(27)22-31)24-33(39)38(23-26-15-18-29(35)19-16-26)32(21-25-9-3-2-4-10-25)34(40)36-30-13-7-8-14-30/h2-6,9-12,15-20,22,30,32H,7-8,13-14,21,23-24H2,1H3,(H,36,40)/t32-/m0/s1. The van der Waals surface area contributed by atoms with E-state index in [4.69, 9.17) is 0 Å². The number of likely N-dealkylation sites (N-methyl/N-ethyl adjacent to an activating group) is 1. The minimum absolute atomic E-state index is 0.0753. The van der Waals surface area contributed by atoms with E-state index in [1.165, 1.54) is 11.9 Å². The predicted molar refractivity (Wildman–Crippen MR) is 173 cm³/mol. The highest BCUT2D eigenvalue weighted by molar-refractivity contribution is 9.10. The maximum absolute atomic E-state index is 14.1. The van der Waals surface area contributed by atoms with Crippen molar-refractivity contribution in [1.29, 1.82) is 0 Å². The molecule has 0 radical (unpaired) electrons. The normalized spacial score (nSPS) is 14.6. The number of hydrogen-bond donors (Lipinski definition) is 1. The first kappa shape index (κ1) is 30.9. The third-order valence-corrected chi connectivity index (χ3v) is 10.4. The molecule has 43 heavy (non-hydrogen) atoms. The van der Waals surface area contributed by atoms with E-state index in [9.17, 15) is 18.0 Å². The van der Waals surface area contributed by atoms with Crippen LogP contribution in [0.3, 0.4) is 0 Å². The second-order valence-electron chi connectivity index (χ2n) is 11.1. The van der Waals surface area contributed by atoms with E-state index in [1.807, 2.05) is 78.9 Å².